The number of rotatable bonds is 4. The van der Waals surface area contributed by atoms with Gasteiger partial charge in [-0.3, -0.25) is 0 Å². The van der Waals surface area contributed by atoms with Crippen LogP contribution in [0.3, 0.4) is 0 Å². The van der Waals surface area contributed by atoms with Crippen molar-refractivity contribution in [3.8, 4) is 0 Å². The summed E-state index contributed by atoms with van der Waals surface area (Å²) in [5, 5.41) is 0. The largest absolute Gasteiger partial charge is 0.391 e. The molecule has 2 N–H and O–H groups in total. The summed E-state index contributed by atoms with van der Waals surface area (Å²) in [5.74, 6) is -1.17. The molecule has 1 saturated carbocycles. The number of alkyl halides is 3. The Kier molecular flexibility index (Phi) is 4.81. The second-order valence-corrected chi connectivity index (χ2v) is 5.82. The summed E-state index contributed by atoms with van der Waals surface area (Å²) in [4.78, 5) is 2.18. The number of benzene rings is 1. The van der Waals surface area contributed by atoms with Gasteiger partial charge in [0.05, 0.1) is 11.5 Å². The average molecular weight is 300 g/mol. The van der Waals surface area contributed by atoms with E-state index in [1.807, 2.05) is 37.3 Å². The quantitative estimate of drug-likeness (QED) is 0.912. The highest BCUT2D eigenvalue weighted by molar-refractivity contribution is 5.49. The zero-order valence-corrected chi connectivity index (χ0v) is 12.4. The van der Waals surface area contributed by atoms with E-state index in [-0.39, 0.29) is 18.4 Å². The van der Waals surface area contributed by atoms with Crippen LogP contribution in [0.5, 0.6) is 0 Å². The maximum absolute atomic E-state index is 12.9. The first-order valence-electron chi connectivity index (χ1n) is 7.52. The van der Waals surface area contributed by atoms with E-state index in [1.54, 1.807) is 0 Å². The Bertz CT molecular complexity index is 437. The highest BCUT2D eigenvalue weighted by Gasteiger charge is 2.47. The van der Waals surface area contributed by atoms with Gasteiger partial charge in [-0.1, -0.05) is 18.2 Å². The number of likely N-dealkylation sites (N-methyl/N-ethyl adjacent to an activating group) is 1. The van der Waals surface area contributed by atoms with Crippen LogP contribution in [0.4, 0.5) is 18.9 Å². The number of nitrogens with zero attached hydrogens (tertiary/aromatic N) is 1. The summed E-state index contributed by atoms with van der Waals surface area (Å²) >= 11 is 0. The predicted molar refractivity (Wildman–Crippen MR) is 79.3 cm³/mol. The fourth-order valence-corrected chi connectivity index (χ4v) is 3.47. The molecular weight excluding hydrogens is 277 g/mol. The molecule has 0 saturated heterocycles. The molecule has 0 amide bonds. The minimum absolute atomic E-state index is 0.171. The number of halogens is 3. The molecule has 0 unspecified atom stereocenters. The van der Waals surface area contributed by atoms with Gasteiger partial charge in [-0.25, -0.2) is 0 Å². The van der Waals surface area contributed by atoms with Gasteiger partial charge in [0.25, 0.3) is 0 Å². The first-order valence-corrected chi connectivity index (χ1v) is 7.52. The molecule has 2 rings (SSSR count). The van der Waals surface area contributed by atoms with Crippen LogP contribution in [0, 0.1) is 5.92 Å². The van der Waals surface area contributed by atoms with Crippen LogP contribution in [0.15, 0.2) is 30.3 Å². The van der Waals surface area contributed by atoms with Crippen LogP contribution in [0.2, 0.25) is 0 Å². The van der Waals surface area contributed by atoms with E-state index < -0.39 is 12.1 Å². The molecule has 0 aliphatic heterocycles. The third kappa shape index (κ3) is 3.34. The Morgan fingerprint density at radius 3 is 2.19 bits per heavy atom. The van der Waals surface area contributed by atoms with E-state index in [9.17, 15) is 13.2 Å². The van der Waals surface area contributed by atoms with E-state index in [2.05, 4.69) is 4.90 Å². The number of hydrogen-bond donors (Lipinski definition) is 1. The molecule has 1 fully saturated rings. The van der Waals surface area contributed by atoms with Gasteiger partial charge in [-0.15, -0.1) is 0 Å². The first-order chi connectivity index (χ1) is 9.93. The molecule has 0 spiro atoms. The molecule has 118 valence electrons. The zero-order chi connectivity index (χ0) is 15.5. The van der Waals surface area contributed by atoms with Crippen LogP contribution in [0.1, 0.15) is 32.6 Å². The van der Waals surface area contributed by atoms with Gasteiger partial charge < -0.3 is 10.6 Å². The molecular formula is C16H23F3N2. The van der Waals surface area contributed by atoms with Gasteiger partial charge in [0, 0.05) is 18.8 Å². The lowest BCUT2D eigenvalue weighted by Gasteiger charge is -2.48. The normalized spacial score (nSPS) is 26.6. The van der Waals surface area contributed by atoms with Crippen molar-refractivity contribution < 1.29 is 13.2 Å². The molecule has 1 aliphatic rings. The van der Waals surface area contributed by atoms with E-state index in [1.165, 1.54) is 0 Å². The number of anilines is 1. The minimum Gasteiger partial charge on any atom is -0.365 e. The summed E-state index contributed by atoms with van der Waals surface area (Å²) in [6.07, 6.45) is -2.74. The highest BCUT2D eigenvalue weighted by Crippen LogP contribution is 2.44. The van der Waals surface area contributed by atoms with Crippen molar-refractivity contribution in [2.75, 3.05) is 18.0 Å². The van der Waals surface area contributed by atoms with Gasteiger partial charge in [-0.05, 0) is 44.7 Å². The van der Waals surface area contributed by atoms with Crippen molar-refractivity contribution in [2.45, 2.75) is 44.3 Å². The van der Waals surface area contributed by atoms with Crippen LogP contribution in [-0.4, -0.2) is 24.8 Å². The summed E-state index contributed by atoms with van der Waals surface area (Å²) in [7, 11) is 0. The summed E-state index contributed by atoms with van der Waals surface area (Å²) in [5.41, 5.74) is 6.67. The van der Waals surface area contributed by atoms with Crippen LogP contribution in [0.25, 0.3) is 0 Å². The van der Waals surface area contributed by atoms with Gasteiger partial charge in [0.15, 0.2) is 0 Å². The lowest BCUT2D eigenvalue weighted by molar-refractivity contribution is -0.184. The van der Waals surface area contributed by atoms with Gasteiger partial charge in [0.1, 0.15) is 0 Å². The third-order valence-corrected chi connectivity index (χ3v) is 4.72. The summed E-state index contributed by atoms with van der Waals surface area (Å²) in [6.45, 7) is 3.17. The SMILES string of the molecule is CCN(c1ccccc1)C1(CN)CCC(C(F)(F)F)CC1. The second kappa shape index (κ2) is 6.26. The lowest BCUT2D eigenvalue weighted by atomic mass is 9.75. The smallest absolute Gasteiger partial charge is 0.365 e. The maximum Gasteiger partial charge on any atom is 0.391 e. The van der Waals surface area contributed by atoms with Crippen molar-refractivity contribution in [3.63, 3.8) is 0 Å². The molecule has 5 heteroatoms. The molecule has 1 aliphatic carbocycles. The molecule has 0 aromatic heterocycles. The number of nitrogens with two attached hydrogens (primary N) is 1. The fourth-order valence-electron chi connectivity index (χ4n) is 3.47. The molecule has 0 atom stereocenters. The molecule has 21 heavy (non-hydrogen) atoms. The first kappa shape index (κ1) is 16.1. The Balaban J connectivity index is 2.19. The molecule has 2 nitrogen and oxygen atoms in total. The van der Waals surface area contributed by atoms with Crippen LogP contribution >= 0.6 is 0 Å². The monoisotopic (exact) mass is 300 g/mol. The fraction of sp³-hybridized carbons (Fsp3) is 0.625. The molecule has 0 radical (unpaired) electrons. The Labute approximate surface area is 124 Å². The van der Waals surface area contributed by atoms with Gasteiger partial charge >= 0.3 is 6.18 Å². The van der Waals surface area contributed by atoms with Crippen molar-refractivity contribution in [1.29, 1.82) is 0 Å². The third-order valence-electron chi connectivity index (χ3n) is 4.72. The molecule has 0 bridgehead atoms. The minimum atomic E-state index is -4.08. The van der Waals surface area contributed by atoms with E-state index in [4.69, 9.17) is 5.73 Å². The van der Waals surface area contributed by atoms with Crippen molar-refractivity contribution in [2.24, 2.45) is 11.7 Å². The van der Waals surface area contributed by atoms with Crippen molar-refractivity contribution in [3.05, 3.63) is 30.3 Å². The Morgan fingerprint density at radius 2 is 1.76 bits per heavy atom. The van der Waals surface area contributed by atoms with Crippen LogP contribution in [-0.2, 0) is 0 Å². The Morgan fingerprint density at radius 1 is 1.19 bits per heavy atom. The average Bonchev–Trinajstić information content (AvgIpc) is 2.48. The van der Waals surface area contributed by atoms with E-state index in [0.717, 1.165) is 12.2 Å². The van der Waals surface area contributed by atoms with Crippen molar-refractivity contribution >= 4 is 5.69 Å². The summed E-state index contributed by atoms with van der Waals surface area (Å²) in [6, 6.07) is 9.83. The van der Waals surface area contributed by atoms with Crippen molar-refractivity contribution in [1.82, 2.24) is 0 Å². The molecule has 1 aromatic rings. The van der Waals surface area contributed by atoms with Crippen LogP contribution < -0.4 is 10.6 Å². The second-order valence-electron chi connectivity index (χ2n) is 5.82. The molecule has 1 aromatic carbocycles. The van der Waals surface area contributed by atoms with E-state index >= 15 is 0 Å². The number of hydrogen-bond acceptors (Lipinski definition) is 2. The zero-order valence-electron chi connectivity index (χ0n) is 12.4. The number of para-hydroxylation sites is 1. The Hall–Kier alpha value is -1.23. The highest BCUT2D eigenvalue weighted by atomic mass is 19.4. The van der Waals surface area contributed by atoms with Gasteiger partial charge in [0.2, 0.25) is 0 Å². The van der Waals surface area contributed by atoms with E-state index in [0.29, 0.717) is 19.4 Å². The maximum atomic E-state index is 12.9. The van der Waals surface area contributed by atoms with Gasteiger partial charge in [-0.2, -0.15) is 13.2 Å². The molecule has 0 heterocycles. The standard InChI is InChI=1S/C16H23F3N2/c1-2-21(14-6-4-3-5-7-14)15(12-20)10-8-13(9-11-15)16(17,18)19/h3-7,13H,2,8-12,20H2,1H3. The summed E-state index contributed by atoms with van der Waals surface area (Å²) < 4.78 is 38.6. The lowest BCUT2D eigenvalue weighted by Crippen LogP contribution is -2.56. The topological polar surface area (TPSA) is 29.3 Å². The predicted octanol–water partition coefficient (Wildman–Crippen LogP) is 3.96.